The second kappa shape index (κ2) is 6.58. The Kier molecular flexibility index (Phi) is 5.07. The molecule has 17 heavy (non-hydrogen) atoms. The van der Waals surface area contributed by atoms with Crippen molar-refractivity contribution in [1.29, 1.82) is 0 Å². The van der Waals surface area contributed by atoms with E-state index < -0.39 is 5.97 Å². The number of methoxy groups -OCH3 is 2. The summed E-state index contributed by atoms with van der Waals surface area (Å²) in [5, 5.41) is 0. The predicted octanol–water partition coefficient (Wildman–Crippen LogP) is 2.44. The standard InChI is InChI=1S/C13H16O4/c1-4-5-6-17-12-8-10(13(14)16-3)7-11(9-12)15-2/h4-5,7-9H,6H2,1-3H3. The predicted molar refractivity (Wildman–Crippen MR) is 64.6 cm³/mol. The summed E-state index contributed by atoms with van der Waals surface area (Å²) in [5.41, 5.74) is 0.405. The molecule has 1 rings (SSSR count). The molecule has 0 atom stereocenters. The molecule has 0 aromatic heterocycles. The molecule has 0 fully saturated rings. The molecule has 0 heterocycles. The fourth-order valence-electron chi connectivity index (χ4n) is 1.25. The molecule has 0 aliphatic heterocycles. The second-order valence-electron chi connectivity index (χ2n) is 3.27. The Balaban J connectivity index is 2.92. The van der Waals surface area contributed by atoms with Gasteiger partial charge in [-0.3, -0.25) is 0 Å². The van der Waals surface area contributed by atoms with Crippen LogP contribution in [-0.2, 0) is 4.74 Å². The van der Waals surface area contributed by atoms with E-state index in [9.17, 15) is 4.79 Å². The smallest absolute Gasteiger partial charge is 0.338 e. The molecule has 0 radical (unpaired) electrons. The van der Waals surface area contributed by atoms with Gasteiger partial charge >= 0.3 is 5.97 Å². The molecular weight excluding hydrogens is 220 g/mol. The number of rotatable bonds is 5. The van der Waals surface area contributed by atoms with Gasteiger partial charge in [0.15, 0.2) is 0 Å². The van der Waals surface area contributed by atoms with E-state index >= 15 is 0 Å². The zero-order valence-electron chi connectivity index (χ0n) is 10.2. The van der Waals surface area contributed by atoms with E-state index in [1.807, 2.05) is 19.1 Å². The van der Waals surface area contributed by atoms with E-state index in [0.29, 0.717) is 23.7 Å². The van der Waals surface area contributed by atoms with Crippen molar-refractivity contribution in [2.24, 2.45) is 0 Å². The van der Waals surface area contributed by atoms with Crippen molar-refractivity contribution in [3.8, 4) is 11.5 Å². The number of hydrogen-bond donors (Lipinski definition) is 0. The van der Waals surface area contributed by atoms with Gasteiger partial charge in [-0.2, -0.15) is 0 Å². The summed E-state index contributed by atoms with van der Waals surface area (Å²) < 4.78 is 15.2. The molecule has 0 saturated heterocycles. The Morgan fingerprint density at radius 1 is 1.24 bits per heavy atom. The summed E-state index contributed by atoms with van der Waals surface area (Å²) in [4.78, 5) is 11.4. The summed E-state index contributed by atoms with van der Waals surface area (Å²) >= 11 is 0. The van der Waals surface area contributed by atoms with Gasteiger partial charge in [-0.1, -0.05) is 12.2 Å². The third-order valence-corrected chi connectivity index (χ3v) is 2.12. The highest BCUT2D eigenvalue weighted by atomic mass is 16.5. The van der Waals surface area contributed by atoms with Crippen LogP contribution in [0, 0.1) is 0 Å². The minimum Gasteiger partial charge on any atom is -0.497 e. The summed E-state index contributed by atoms with van der Waals surface area (Å²) in [6, 6.07) is 4.95. The van der Waals surface area contributed by atoms with Crippen LogP contribution in [0.3, 0.4) is 0 Å². The van der Waals surface area contributed by atoms with Crippen molar-refractivity contribution in [3.05, 3.63) is 35.9 Å². The van der Waals surface area contributed by atoms with Gasteiger partial charge in [-0.15, -0.1) is 0 Å². The van der Waals surface area contributed by atoms with Gasteiger partial charge < -0.3 is 14.2 Å². The topological polar surface area (TPSA) is 44.8 Å². The van der Waals surface area contributed by atoms with Crippen LogP contribution in [-0.4, -0.2) is 26.8 Å². The van der Waals surface area contributed by atoms with Crippen molar-refractivity contribution in [3.63, 3.8) is 0 Å². The van der Waals surface area contributed by atoms with E-state index in [-0.39, 0.29) is 0 Å². The van der Waals surface area contributed by atoms with Crippen LogP contribution in [0.5, 0.6) is 11.5 Å². The maximum Gasteiger partial charge on any atom is 0.338 e. The van der Waals surface area contributed by atoms with Crippen molar-refractivity contribution in [2.45, 2.75) is 6.92 Å². The maximum atomic E-state index is 11.4. The quantitative estimate of drug-likeness (QED) is 0.582. The summed E-state index contributed by atoms with van der Waals surface area (Å²) in [5.74, 6) is 0.714. The van der Waals surface area contributed by atoms with Crippen LogP contribution in [0.1, 0.15) is 17.3 Å². The first kappa shape index (κ1) is 13.1. The normalized spacial score (nSPS) is 10.3. The SMILES string of the molecule is CC=CCOc1cc(OC)cc(C(=O)OC)c1. The molecule has 0 N–H and O–H groups in total. The number of esters is 1. The van der Waals surface area contributed by atoms with Crippen LogP contribution in [0.15, 0.2) is 30.4 Å². The lowest BCUT2D eigenvalue weighted by Crippen LogP contribution is -2.03. The lowest BCUT2D eigenvalue weighted by molar-refractivity contribution is 0.0600. The molecule has 0 unspecified atom stereocenters. The fraction of sp³-hybridized carbons (Fsp3) is 0.308. The first-order chi connectivity index (χ1) is 8.21. The van der Waals surface area contributed by atoms with Crippen molar-refractivity contribution in [1.82, 2.24) is 0 Å². The molecule has 4 nitrogen and oxygen atoms in total. The zero-order valence-corrected chi connectivity index (χ0v) is 10.2. The molecule has 1 aromatic rings. The molecule has 4 heteroatoms. The van der Waals surface area contributed by atoms with Crippen LogP contribution in [0.4, 0.5) is 0 Å². The number of allylic oxidation sites excluding steroid dienone is 1. The first-order valence-corrected chi connectivity index (χ1v) is 5.22. The Hall–Kier alpha value is -1.97. The van der Waals surface area contributed by atoms with Crippen molar-refractivity contribution < 1.29 is 19.0 Å². The molecule has 0 aliphatic rings. The average molecular weight is 236 g/mol. The molecule has 0 amide bonds. The van der Waals surface area contributed by atoms with E-state index in [1.165, 1.54) is 14.2 Å². The Bertz CT molecular complexity index is 410. The molecule has 92 valence electrons. The Morgan fingerprint density at radius 3 is 2.53 bits per heavy atom. The highest BCUT2D eigenvalue weighted by Crippen LogP contribution is 2.23. The van der Waals surface area contributed by atoms with Crippen LogP contribution < -0.4 is 9.47 Å². The highest BCUT2D eigenvalue weighted by molar-refractivity contribution is 5.90. The number of hydrogen-bond acceptors (Lipinski definition) is 4. The van der Waals surface area contributed by atoms with Crippen molar-refractivity contribution >= 4 is 5.97 Å². The molecule has 0 saturated carbocycles. The largest absolute Gasteiger partial charge is 0.497 e. The molecule has 0 bridgehead atoms. The van der Waals surface area contributed by atoms with Gasteiger partial charge in [-0.05, 0) is 19.1 Å². The Morgan fingerprint density at radius 2 is 1.94 bits per heavy atom. The zero-order chi connectivity index (χ0) is 12.7. The van der Waals surface area contributed by atoms with Crippen LogP contribution in [0.25, 0.3) is 0 Å². The van der Waals surface area contributed by atoms with E-state index in [4.69, 9.17) is 9.47 Å². The number of carbonyl (C=O) groups is 1. The minimum absolute atomic E-state index is 0.405. The summed E-state index contributed by atoms with van der Waals surface area (Å²) in [6.45, 7) is 2.36. The van der Waals surface area contributed by atoms with E-state index in [1.54, 1.807) is 18.2 Å². The first-order valence-electron chi connectivity index (χ1n) is 5.22. The maximum absolute atomic E-state index is 11.4. The van der Waals surface area contributed by atoms with E-state index in [2.05, 4.69) is 4.74 Å². The van der Waals surface area contributed by atoms with Gasteiger partial charge in [0.2, 0.25) is 0 Å². The highest BCUT2D eigenvalue weighted by Gasteiger charge is 2.09. The molecule has 0 spiro atoms. The van der Waals surface area contributed by atoms with Crippen LogP contribution >= 0.6 is 0 Å². The van der Waals surface area contributed by atoms with Gasteiger partial charge in [0.05, 0.1) is 19.8 Å². The molecule has 0 aliphatic carbocycles. The average Bonchev–Trinajstić information content (AvgIpc) is 2.37. The fourth-order valence-corrected chi connectivity index (χ4v) is 1.25. The third-order valence-electron chi connectivity index (χ3n) is 2.12. The number of carbonyl (C=O) groups excluding carboxylic acids is 1. The van der Waals surface area contributed by atoms with Crippen LogP contribution in [0.2, 0.25) is 0 Å². The minimum atomic E-state index is -0.417. The molecular formula is C13H16O4. The van der Waals surface area contributed by atoms with Gasteiger partial charge in [-0.25, -0.2) is 4.79 Å². The monoisotopic (exact) mass is 236 g/mol. The Labute approximate surface area is 101 Å². The lowest BCUT2D eigenvalue weighted by atomic mass is 10.2. The number of benzene rings is 1. The van der Waals surface area contributed by atoms with E-state index in [0.717, 1.165) is 0 Å². The summed E-state index contributed by atoms with van der Waals surface area (Å²) in [6.07, 6.45) is 3.76. The number of ether oxygens (including phenoxy) is 3. The van der Waals surface area contributed by atoms with Gasteiger partial charge in [0.1, 0.15) is 18.1 Å². The third kappa shape index (κ3) is 3.83. The van der Waals surface area contributed by atoms with Gasteiger partial charge in [0.25, 0.3) is 0 Å². The van der Waals surface area contributed by atoms with Gasteiger partial charge in [0, 0.05) is 6.07 Å². The van der Waals surface area contributed by atoms with Crippen molar-refractivity contribution in [2.75, 3.05) is 20.8 Å². The summed E-state index contributed by atoms with van der Waals surface area (Å²) in [7, 11) is 2.87. The lowest BCUT2D eigenvalue weighted by Gasteiger charge is -2.08. The molecule has 1 aromatic carbocycles. The second-order valence-corrected chi connectivity index (χ2v) is 3.27.